The van der Waals surface area contributed by atoms with E-state index in [9.17, 15) is 4.79 Å². The Balaban J connectivity index is 1.43. The number of methoxy groups -OCH3 is 2. The lowest BCUT2D eigenvalue weighted by Gasteiger charge is -2.19. The number of hydrogen-bond donors (Lipinski definition) is 0. The van der Waals surface area contributed by atoms with E-state index in [0.717, 1.165) is 28.6 Å². The number of thioether (sulfide) groups is 2. The van der Waals surface area contributed by atoms with Crippen LogP contribution in [0, 0.1) is 0 Å². The van der Waals surface area contributed by atoms with Crippen LogP contribution in [-0.4, -0.2) is 54.9 Å². The van der Waals surface area contributed by atoms with Gasteiger partial charge in [0.1, 0.15) is 4.99 Å². The molecule has 6 nitrogen and oxygen atoms in total. The number of carbonyl (C=O) groups excluding carboxylic acids is 1. The molecule has 0 atom stereocenters. The maximum atomic E-state index is 13.3. The molecule has 1 fully saturated rings. The third-order valence-electron chi connectivity index (χ3n) is 5.60. The van der Waals surface area contributed by atoms with Crippen molar-refractivity contribution in [2.45, 2.75) is 11.0 Å². The minimum atomic E-state index is -0.150. The van der Waals surface area contributed by atoms with Crippen LogP contribution >= 0.6 is 35.7 Å². The van der Waals surface area contributed by atoms with Crippen LogP contribution in [0.3, 0.4) is 0 Å². The van der Waals surface area contributed by atoms with Crippen molar-refractivity contribution in [2.24, 2.45) is 0 Å². The van der Waals surface area contributed by atoms with E-state index in [0.29, 0.717) is 45.2 Å². The first-order chi connectivity index (χ1) is 15.1. The van der Waals surface area contributed by atoms with Crippen LogP contribution in [-0.2, 0) is 6.42 Å². The fourth-order valence-corrected chi connectivity index (χ4v) is 7.40. The molecule has 9 heteroatoms. The van der Waals surface area contributed by atoms with Gasteiger partial charge in [-0.1, -0.05) is 12.2 Å². The topological polar surface area (TPSA) is 57.2 Å². The van der Waals surface area contributed by atoms with Crippen LogP contribution in [0.1, 0.15) is 31.6 Å². The Labute approximate surface area is 194 Å². The monoisotopic (exact) mass is 475 g/mol. The summed E-state index contributed by atoms with van der Waals surface area (Å²) in [6.45, 7) is 0.724. The molecule has 3 aliphatic rings. The molecular formula is C22H21NO5S3. The number of benzene rings is 2. The normalized spacial score (nSPS) is 17.4. The van der Waals surface area contributed by atoms with Crippen molar-refractivity contribution >= 4 is 46.6 Å². The van der Waals surface area contributed by atoms with Gasteiger partial charge in [-0.3, -0.25) is 9.69 Å². The Morgan fingerprint density at radius 1 is 1.13 bits per heavy atom. The molecule has 0 N–H and O–H groups in total. The highest BCUT2D eigenvalue weighted by molar-refractivity contribution is 8.19. The van der Waals surface area contributed by atoms with Crippen LogP contribution < -0.4 is 18.9 Å². The number of nitrogens with zero attached hydrogens (tertiary/aromatic N) is 1. The second kappa shape index (κ2) is 8.44. The van der Waals surface area contributed by atoms with Crippen molar-refractivity contribution in [3.8, 4) is 23.0 Å². The number of carbonyl (C=O) groups is 1. The average Bonchev–Trinajstić information content (AvgIpc) is 3.52. The molecule has 1 amide bonds. The van der Waals surface area contributed by atoms with Gasteiger partial charge in [0.2, 0.25) is 6.79 Å². The fraction of sp³-hybridized carbons (Fsp3) is 0.364. The molecule has 0 aliphatic carbocycles. The SMILES string of the molecule is COc1ccc2c(c1OC)C(=O)N(CCc1cc3c(cc1C1SCCS1)OCO3)C2=S. The lowest BCUT2D eigenvalue weighted by Crippen LogP contribution is -2.31. The standard InChI is InChI=1S/C22H21NO5S3/c1-25-15-4-3-13-18(19(15)26-2)20(24)23(21(13)29)6-5-12-9-16-17(28-11-27-16)10-14(12)22-30-7-8-31-22/h3-4,9-10,22H,5-8,11H2,1-2H3. The van der Waals surface area contributed by atoms with Gasteiger partial charge in [0, 0.05) is 23.6 Å². The smallest absolute Gasteiger partial charge is 0.263 e. The van der Waals surface area contributed by atoms with E-state index in [1.807, 2.05) is 29.6 Å². The van der Waals surface area contributed by atoms with Gasteiger partial charge in [-0.05, 0) is 41.8 Å². The molecule has 0 bridgehead atoms. The number of hydrogen-bond acceptors (Lipinski definition) is 8. The first-order valence-electron chi connectivity index (χ1n) is 9.89. The highest BCUT2D eigenvalue weighted by Gasteiger charge is 2.37. The van der Waals surface area contributed by atoms with Gasteiger partial charge < -0.3 is 18.9 Å². The molecule has 2 aromatic carbocycles. The van der Waals surface area contributed by atoms with Gasteiger partial charge in [-0.2, -0.15) is 0 Å². The fourth-order valence-electron chi connectivity index (χ4n) is 4.10. The van der Waals surface area contributed by atoms with E-state index in [1.165, 1.54) is 12.7 Å². The summed E-state index contributed by atoms with van der Waals surface area (Å²) in [6.07, 6.45) is 0.670. The minimum absolute atomic E-state index is 0.150. The molecule has 0 radical (unpaired) electrons. The van der Waals surface area contributed by atoms with E-state index in [2.05, 4.69) is 12.1 Å². The Bertz CT molecular complexity index is 1070. The van der Waals surface area contributed by atoms with Crippen molar-refractivity contribution in [1.82, 2.24) is 4.90 Å². The van der Waals surface area contributed by atoms with Gasteiger partial charge >= 0.3 is 0 Å². The zero-order valence-electron chi connectivity index (χ0n) is 17.1. The molecule has 0 unspecified atom stereocenters. The van der Waals surface area contributed by atoms with Crippen molar-refractivity contribution in [3.05, 3.63) is 46.5 Å². The zero-order valence-corrected chi connectivity index (χ0v) is 19.6. The third kappa shape index (κ3) is 3.52. The molecule has 0 aromatic heterocycles. The average molecular weight is 476 g/mol. The van der Waals surface area contributed by atoms with Crippen molar-refractivity contribution in [3.63, 3.8) is 0 Å². The molecule has 5 rings (SSSR count). The maximum Gasteiger partial charge on any atom is 0.263 e. The predicted octanol–water partition coefficient (Wildman–Crippen LogP) is 4.29. The molecule has 1 saturated heterocycles. The van der Waals surface area contributed by atoms with Crippen molar-refractivity contribution < 1.29 is 23.7 Å². The molecule has 3 aliphatic heterocycles. The van der Waals surface area contributed by atoms with E-state index < -0.39 is 0 Å². The molecule has 31 heavy (non-hydrogen) atoms. The van der Waals surface area contributed by atoms with E-state index in [-0.39, 0.29) is 12.7 Å². The predicted molar refractivity (Wildman–Crippen MR) is 126 cm³/mol. The largest absolute Gasteiger partial charge is 0.493 e. The molecule has 0 saturated carbocycles. The van der Waals surface area contributed by atoms with Gasteiger partial charge in [-0.25, -0.2) is 0 Å². The molecule has 0 spiro atoms. The molecule has 3 heterocycles. The summed E-state index contributed by atoms with van der Waals surface area (Å²) >= 11 is 9.54. The van der Waals surface area contributed by atoms with Crippen molar-refractivity contribution in [2.75, 3.05) is 39.1 Å². The Kier molecular flexibility index (Phi) is 5.66. The van der Waals surface area contributed by atoms with Gasteiger partial charge in [0.15, 0.2) is 23.0 Å². The molecule has 2 aromatic rings. The van der Waals surface area contributed by atoms with Crippen molar-refractivity contribution in [1.29, 1.82) is 0 Å². The van der Waals surface area contributed by atoms with E-state index in [1.54, 1.807) is 18.1 Å². The summed E-state index contributed by atoms with van der Waals surface area (Å²) in [5, 5.41) is 0. The second-order valence-corrected chi connectivity index (χ2v) is 10.3. The number of amides is 1. The van der Waals surface area contributed by atoms with Crippen LogP contribution in [0.15, 0.2) is 24.3 Å². The third-order valence-corrected chi connectivity index (χ3v) is 9.10. The second-order valence-electron chi connectivity index (χ2n) is 7.21. The maximum absolute atomic E-state index is 13.3. The highest BCUT2D eigenvalue weighted by atomic mass is 32.2. The van der Waals surface area contributed by atoms with Crippen LogP contribution in [0.5, 0.6) is 23.0 Å². The van der Waals surface area contributed by atoms with Gasteiger partial charge in [-0.15, -0.1) is 23.5 Å². The summed E-state index contributed by atoms with van der Waals surface area (Å²) in [6, 6.07) is 7.76. The summed E-state index contributed by atoms with van der Waals surface area (Å²) in [7, 11) is 3.09. The lowest BCUT2D eigenvalue weighted by molar-refractivity contribution is 0.0859. The number of fused-ring (bicyclic) bond motifs is 2. The van der Waals surface area contributed by atoms with Crippen LogP contribution in [0.25, 0.3) is 0 Å². The summed E-state index contributed by atoms with van der Waals surface area (Å²) in [4.78, 5) is 15.4. The van der Waals surface area contributed by atoms with Gasteiger partial charge in [0.05, 0.1) is 24.4 Å². The zero-order chi connectivity index (χ0) is 21.5. The Hall–Kier alpha value is -2.10. The van der Waals surface area contributed by atoms with E-state index >= 15 is 0 Å². The number of thiocarbonyl (C=S) groups is 1. The molecule has 162 valence electrons. The lowest BCUT2D eigenvalue weighted by atomic mass is 10.0. The first-order valence-corrected chi connectivity index (χ1v) is 12.4. The van der Waals surface area contributed by atoms with Crippen LogP contribution in [0.4, 0.5) is 0 Å². The number of ether oxygens (including phenoxy) is 4. The van der Waals surface area contributed by atoms with E-state index in [4.69, 9.17) is 31.2 Å². The quantitative estimate of drug-likeness (QED) is 0.574. The molecular weight excluding hydrogens is 454 g/mol. The van der Waals surface area contributed by atoms with Crippen LogP contribution in [0.2, 0.25) is 0 Å². The summed E-state index contributed by atoms with van der Waals surface area (Å²) < 4.78 is 22.4. The summed E-state index contributed by atoms with van der Waals surface area (Å²) in [5.74, 6) is 4.62. The Morgan fingerprint density at radius 3 is 2.58 bits per heavy atom. The number of rotatable bonds is 6. The Morgan fingerprint density at radius 2 is 1.87 bits per heavy atom. The summed E-state index contributed by atoms with van der Waals surface area (Å²) in [5.41, 5.74) is 3.59. The van der Waals surface area contributed by atoms with Gasteiger partial charge in [0.25, 0.3) is 5.91 Å². The first kappa shape index (κ1) is 20.8. The highest BCUT2D eigenvalue weighted by Crippen LogP contribution is 2.49. The minimum Gasteiger partial charge on any atom is -0.493 e.